The Hall–Kier alpha value is -2.27. The van der Waals surface area contributed by atoms with Crippen LogP contribution >= 0.6 is 12.2 Å². The number of nitrogens with zero attached hydrogens (tertiary/aromatic N) is 2. The zero-order valence-electron chi connectivity index (χ0n) is 13.1. The first-order valence-electron chi connectivity index (χ1n) is 6.82. The summed E-state index contributed by atoms with van der Waals surface area (Å²) < 4.78 is 4.83. The van der Waals surface area contributed by atoms with E-state index in [1.54, 1.807) is 6.07 Å². The lowest BCUT2D eigenvalue weighted by Gasteiger charge is -2.13. The number of methoxy groups -OCH3 is 1. The molecule has 0 spiro atoms. The van der Waals surface area contributed by atoms with Crippen LogP contribution in [0.15, 0.2) is 41.4 Å². The van der Waals surface area contributed by atoms with E-state index < -0.39 is 0 Å². The average molecular weight is 314 g/mol. The van der Waals surface area contributed by atoms with Crippen molar-refractivity contribution in [1.29, 1.82) is 0 Å². The summed E-state index contributed by atoms with van der Waals surface area (Å²) >= 11 is 5.45. The second kappa shape index (κ2) is 6.66. The predicted octanol–water partition coefficient (Wildman–Crippen LogP) is 3.28. The first-order chi connectivity index (χ1) is 10.5. The minimum Gasteiger partial charge on any atom is -0.465 e. The molecule has 0 unspecified atom stereocenters. The molecule has 0 heterocycles. The number of ether oxygens (including phenoxy) is 1. The van der Waals surface area contributed by atoms with Gasteiger partial charge in [-0.2, -0.15) is 0 Å². The van der Waals surface area contributed by atoms with E-state index in [2.05, 4.69) is 4.99 Å². The number of fused-ring (bicyclic) bond motifs is 1. The van der Waals surface area contributed by atoms with Gasteiger partial charge in [0.2, 0.25) is 0 Å². The van der Waals surface area contributed by atoms with Crippen molar-refractivity contribution in [3.8, 4) is 0 Å². The van der Waals surface area contributed by atoms with Crippen molar-refractivity contribution >= 4 is 39.8 Å². The molecule has 5 heteroatoms. The van der Waals surface area contributed by atoms with Crippen molar-refractivity contribution < 1.29 is 9.53 Å². The Kier molecular flexibility index (Phi) is 4.88. The van der Waals surface area contributed by atoms with E-state index in [4.69, 9.17) is 17.0 Å². The van der Waals surface area contributed by atoms with E-state index in [9.17, 15) is 4.79 Å². The summed E-state index contributed by atoms with van der Waals surface area (Å²) in [7, 11) is 5.21. The molecule has 2 aromatic carbocycles. The number of rotatable bonds is 2. The Morgan fingerprint density at radius 1 is 1.09 bits per heavy atom. The molecule has 0 aliphatic carbocycles. The van der Waals surface area contributed by atoms with Gasteiger partial charge in [0.25, 0.3) is 0 Å². The highest BCUT2D eigenvalue weighted by Gasteiger charge is 2.14. The Bertz CT molecular complexity index is 766. The van der Waals surface area contributed by atoms with E-state index in [1.807, 2.05) is 56.3 Å². The van der Waals surface area contributed by atoms with Gasteiger partial charge in [0, 0.05) is 19.7 Å². The molecule has 0 fully saturated rings. The molecule has 0 aromatic heterocycles. The lowest BCUT2D eigenvalue weighted by molar-refractivity contribution is 0.0603. The van der Waals surface area contributed by atoms with Crippen LogP contribution in [0.1, 0.15) is 22.8 Å². The molecule has 0 saturated carbocycles. The van der Waals surface area contributed by atoms with Crippen LogP contribution in [0.3, 0.4) is 0 Å². The van der Waals surface area contributed by atoms with E-state index >= 15 is 0 Å². The monoisotopic (exact) mass is 314 g/mol. The number of aliphatic imine (C=N–C) groups is 1. The molecule has 0 amide bonds. The average Bonchev–Trinajstić information content (AvgIpc) is 2.52. The van der Waals surface area contributed by atoms with Crippen molar-refractivity contribution in [3.05, 3.63) is 47.5 Å². The van der Waals surface area contributed by atoms with Crippen molar-refractivity contribution in [1.82, 2.24) is 4.90 Å². The largest absolute Gasteiger partial charge is 0.465 e. The Morgan fingerprint density at radius 3 is 2.18 bits per heavy atom. The van der Waals surface area contributed by atoms with Gasteiger partial charge < -0.3 is 9.64 Å². The lowest BCUT2D eigenvalue weighted by Crippen LogP contribution is -2.19. The van der Waals surface area contributed by atoms with Crippen molar-refractivity contribution in [2.45, 2.75) is 6.92 Å². The Balaban J connectivity index is 2.60. The van der Waals surface area contributed by atoms with Crippen LogP contribution in [-0.2, 0) is 4.74 Å². The summed E-state index contributed by atoms with van der Waals surface area (Å²) in [6.45, 7) is 1.90. The van der Waals surface area contributed by atoms with Crippen LogP contribution in [0.25, 0.3) is 10.8 Å². The van der Waals surface area contributed by atoms with Crippen molar-refractivity contribution in [3.63, 3.8) is 0 Å². The van der Waals surface area contributed by atoms with E-state index in [0.717, 1.165) is 22.2 Å². The van der Waals surface area contributed by atoms with Gasteiger partial charge in [0.05, 0.1) is 12.7 Å². The fourth-order valence-electron chi connectivity index (χ4n) is 2.08. The second-order valence-corrected chi connectivity index (χ2v) is 5.44. The van der Waals surface area contributed by atoms with Gasteiger partial charge in [-0.05, 0) is 23.8 Å². The molecule has 0 bridgehead atoms. The molecule has 2 aromatic rings. The fraction of sp³-hybridized carbons (Fsp3) is 0.235. The van der Waals surface area contributed by atoms with Crippen LogP contribution in [0.5, 0.6) is 0 Å². The van der Waals surface area contributed by atoms with Crippen LogP contribution in [0.2, 0.25) is 0 Å². The number of carbonyl (C=O) groups excluding carboxylic acids is 1. The fourth-order valence-corrected chi connectivity index (χ4v) is 2.39. The number of amidine groups is 1. The Labute approximate surface area is 135 Å². The van der Waals surface area contributed by atoms with E-state index in [-0.39, 0.29) is 5.97 Å². The summed E-state index contributed by atoms with van der Waals surface area (Å²) in [5.41, 5.74) is 1.36. The number of thiocarbonyl (C=S) groups is 1. The third-order valence-corrected chi connectivity index (χ3v) is 3.78. The van der Waals surface area contributed by atoms with Crippen LogP contribution in [0, 0.1) is 0 Å². The molecular formula is C17H18N2O2S. The summed E-state index contributed by atoms with van der Waals surface area (Å²) in [5, 5.41) is 1.71. The first-order valence-corrected chi connectivity index (χ1v) is 7.23. The summed E-state index contributed by atoms with van der Waals surface area (Å²) in [5.74, 6) is 0.466. The smallest absolute Gasteiger partial charge is 0.338 e. The van der Waals surface area contributed by atoms with Crippen molar-refractivity contribution in [2.24, 2.45) is 4.99 Å². The Morgan fingerprint density at radius 2 is 1.64 bits per heavy atom. The van der Waals surface area contributed by atoms with Gasteiger partial charge in [-0.3, -0.25) is 0 Å². The van der Waals surface area contributed by atoms with E-state index in [1.165, 1.54) is 7.11 Å². The van der Waals surface area contributed by atoms with Crippen LogP contribution in [-0.4, -0.2) is 42.9 Å². The zero-order valence-corrected chi connectivity index (χ0v) is 13.9. The second-order valence-electron chi connectivity index (χ2n) is 5.06. The highest BCUT2D eigenvalue weighted by Crippen LogP contribution is 2.24. The maximum absolute atomic E-state index is 11.9. The molecule has 0 aliphatic heterocycles. The molecule has 0 aliphatic rings. The SMILES string of the molecule is COC(=O)c1ccc(C(=S)/N=C(\C)N(C)C)c2ccccc12. The number of carbonyl (C=O) groups is 1. The standard InChI is InChI=1S/C17H18N2O2S/c1-11(19(2)3)18-16(22)14-9-10-15(17(20)21-4)13-8-6-5-7-12(13)14/h5-10H,1-4H3/b18-11+. The van der Waals surface area contributed by atoms with Gasteiger partial charge in [0.1, 0.15) is 10.8 Å². The van der Waals surface area contributed by atoms with Gasteiger partial charge >= 0.3 is 5.97 Å². The third-order valence-electron chi connectivity index (χ3n) is 3.47. The maximum Gasteiger partial charge on any atom is 0.338 e. The summed E-state index contributed by atoms with van der Waals surface area (Å²) in [6, 6.07) is 11.2. The highest BCUT2D eigenvalue weighted by atomic mass is 32.1. The molecular weight excluding hydrogens is 296 g/mol. The minimum atomic E-state index is -0.360. The van der Waals surface area contributed by atoms with Crippen LogP contribution in [0.4, 0.5) is 0 Å². The van der Waals surface area contributed by atoms with Crippen molar-refractivity contribution in [2.75, 3.05) is 21.2 Å². The third kappa shape index (κ3) is 3.14. The van der Waals surface area contributed by atoms with Gasteiger partial charge in [0.15, 0.2) is 0 Å². The van der Waals surface area contributed by atoms with Gasteiger partial charge in [-0.1, -0.05) is 42.5 Å². The maximum atomic E-state index is 11.9. The minimum absolute atomic E-state index is 0.360. The summed E-state index contributed by atoms with van der Waals surface area (Å²) in [6.07, 6.45) is 0. The quantitative estimate of drug-likeness (QED) is 0.369. The number of hydrogen-bond donors (Lipinski definition) is 0. The topological polar surface area (TPSA) is 41.9 Å². The summed E-state index contributed by atoms with van der Waals surface area (Å²) in [4.78, 5) is 18.7. The molecule has 114 valence electrons. The molecule has 0 N–H and O–H groups in total. The first kappa shape index (κ1) is 16.1. The number of hydrogen-bond acceptors (Lipinski definition) is 3. The zero-order chi connectivity index (χ0) is 16.3. The van der Waals surface area contributed by atoms with Crippen LogP contribution < -0.4 is 0 Å². The predicted molar refractivity (Wildman–Crippen MR) is 93.8 cm³/mol. The molecule has 0 atom stereocenters. The number of esters is 1. The highest BCUT2D eigenvalue weighted by molar-refractivity contribution is 7.80. The van der Waals surface area contributed by atoms with Gasteiger partial charge in [-0.25, -0.2) is 9.79 Å². The number of benzene rings is 2. The molecule has 22 heavy (non-hydrogen) atoms. The van der Waals surface area contributed by atoms with Gasteiger partial charge in [-0.15, -0.1) is 0 Å². The lowest BCUT2D eigenvalue weighted by atomic mass is 9.99. The molecule has 4 nitrogen and oxygen atoms in total. The molecule has 0 radical (unpaired) electrons. The molecule has 2 rings (SSSR count). The molecule has 0 saturated heterocycles. The normalized spacial score (nSPS) is 11.4. The van der Waals surface area contributed by atoms with E-state index in [0.29, 0.717) is 10.6 Å².